The number of piperazine rings is 1. The zero-order valence-electron chi connectivity index (χ0n) is 26.7. The van der Waals surface area contributed by atoms with Crippen molar-refractivity contribution in [3.05, 3.63) is 65.5 Å². The van der Waals surface area contributed by atoms with Gasteiger partial charge in [-0.1, -0.05) is 62.0 Å². The second-order valence-electron chi connectivity index (χ2n) is 13.7. The monoisotopic (exact) mass is 626 g/mol. The van der Waals surface area contributed by atoms with Gasteiger partial charge >= 0.3 is 0 Å². The number of aryl methyl sites for hydroxylation is 2. The standard InChI is InChI=1S/C36H46N6O2S/c1-3-28-9-8-10-29(4-2)33(28)42-31(23-37-34(44)36-20-25-17-26(21-36)19-27(18-25)22-36)38-39-35(42)45-24-32(43)41-15-13-40(14-16-41)30-11-6-5-7-12-30/h5-12,25-27H,3-4,13-24H2,1-2H3,(H,37,44). The number of aromatic nitrogens is 3. The molecule has 4 saturated carbocycles. The van der Waals surface area contributed by atoms with Crippen LogP contribution in [0.3, 0.4) is 0 Å². The van der Waals surface area contributed by atoms with Gasteiger partial charge in [0.15, 0.2) is 11.0 Å². The number of benzene rings is 2. The van der Waals surface area contributed by atoms with Crippen LogP contribution in [0.1, 0.15) is 69.3 Å². The molecule has 5 aliphatic rings. The number of thioether (sulfide) groups is 1. The largest absolute Gasteiger partial charge is 0.368 e. The molecule has 1 saturated heterocycles. The number of nitrogens with zero attached hydrogens (tertiary/aromatic N) is 5. The normalized spacial score (nSPS) is 25.5. The predicted octanol–water partition coefficient (Wildman–Crippen LogP) is 5.67. The Labute approximate surface area is 271 Å². The van der Waals surface area contributed by atoms with Crippen LogP contribution in [0, 0.1) is 23.2 Å². The SMILES string of the molecule is CCc1cccc(CC)c1-n1c(CNC(=O)C23CC4CC(CC(C4)C2)C3)nnc1SCC(=O)N1CCN(c2ccccc2)CC1. The first-order valence-electron chi connectivity index (χ1n) is 17.0. The highest BCUT2D eigenvalue weighted by atomic mass is 32.2. The van der Waals surface area contributed by atoms with E-state index >= 15 is 0 Å². The van der Waals surface area contributed by atoms with Gasteiger partial charge in [-0.25, -0.2) is 0 Å². The third kappa shape index (κ3) is 6.00. The van der Waals surface area contributed by atoms with Crippen molar-refractivity contribution in [3.63, 3.8) is 0 Å². The molecule has 4 aliphatic carbocycles. The van der Waals surface area contributed by atoms with Crippen LogP contribution in [0.15, 0.2) is 53.7 Å². The van der Waals surface area contributed by atoms with Gasteiger partial charge in [-0.15, -0.1) is 10.2 Å². The first-order chi connectivity index (χ1) is 22.0. The van der Waals surface area contributed by atoms with Crippen LogP contribution >= 0.6 is 11.8 Å². The summed E-state index contributed by atoms with van der Waals surface area (Å²) in [5.41, 5.74) is 4.53. The Bertz CT molecular complexity index is 1470. The van der Waals surface area contributed by atoms with E-state index in [4.69, 9.17) is 0 Å². The first-order valence-corrected chi connectivity index (χ1v) is 18.0. The zero-order chi connectivity index (χ0) is 31.0. The topological polar surface area (TPSA) is 83.4 Å². The molecule has 0 atom stereocenters. The fourth-order valence-electron chi connectivity index (χ4n) is 9.04. The quantitative estimate of drug-likeness (QED) is 0.292. The summed E-state index contributed by atoms with van der Waals surface area (Å²) >= 11 is 1.45. The third-order valence-electron chi connectivity index (χ3n) is 10.9. The Morgan fingerprint density at radius 3 is 2.07 bits per heavy atom. The third-order valence-corrected chi connectivity index (χ3v) is 11.8. The van der Waals surface area contributed by atoms with Crippen LogP contribution in [0.2, 0.25) is 0 Å². The second kappa shape index (κ2) is 12.8. The first kappa shape index (κ1) is 30.3. The maximum atomic E-state index is 13.8. The molecular weight excluding hydrogens is 581 g/mol. The van der Waals surface area contributed by atoms with Crippen molar-refractivity contribution in [2.75, 3.05) is 36.8 Å². The minimum absolute atomic E-state index is 0.124. The van der Waals surface area contributed by atoms with E-state index in [1.54, 1.807) is 0 Å². The van der Waals surface area contributed by atoms with Gasteiger partial charge in [0.05, 0.1) is 18.0 Å². The van der Waals surface area contributed by atoms with Crippen LogP contribution in [0.25, 0.3) is 5.69 Å². The second-order valence-corrected chi connectivity index (χ2v) is 14.7. The molecular formula is C36H46N6O2S. The number of para-hydroxylation sites is 2. The Balaban J connectivity index is 1.08. The Morgan fingerprint density at radius 2 is 1.47 bits per heavy atom. The maximum absolute atomic E-state index is 13.8. The number of hydrogen-bond acceptors (Lipinski definition) is 6. The molecule has 0 spiro atoms. The van der Waals surface area contributed by atoms with E-state index in [-0.39, 0.29) is 17.2 Å². The number of carbonyl (C=O) groups excluding carboxylic acids is 2. The van der Waals surface area contributed by atoms with E-state index in [0.29, 0.717) is 30.5 Å². The lowest BCUT2D eigenvalue weighted by Gasteiger charge is -2.55. The van der Waals surface area contributed by atoms with E-state index in [2.05, 4.69) is 81.3 Å². The van der Waals surface area contributed by atoms with Crippen molar-refractivity contribution in [2.45, 2.75) is 76.9 Å². The van der Waals surface area contributed by atoms with E-state index in [0.717, 1.165) is 74.5 Å². The van der Waals surface area contributed by atoms with Crippen molar-refractivity contribution < 1.29 is 9.59 Å². The summed E-state index contributed by atoms with van der Waals surface area (Å²) in [6.45, 7) is 7.75. The van der Waals surface area contributed by atoms with Gasteiger partial charge in [-0.3, -0.25) is 14.2 Å². The number of carbonyl (C=O) groups is 2. The molecule has 8 rings (SSSR count). The van der Waals surface area contributed by atoms with Gasteiger partial charge < -0.3 is 15.1 Å². The summed E-state index contributed by atoms with van der Waals surface area (Å²) in [7, 11) is 0. The summed E-state index contributed by atoms with van der Waals surface area (Å²) in [5.74, 6) is 3.52. The fourth-order valence-corrected chi connectivity index (χ4v) is 9.90. The van der Waals surface area contributed by atoms with Gasteiger partial charge in [0.2, 0.25) is 11.8 Å². The molecule has 2 amide bonds. The van der Waals surface area contributed by atoms with E-state index in [1.807, 2.05) is 11.0 Å². The minimum atomic E-state index is -0.204. The Hall–Kier alpha value is -3.33. The average molecular weight is 627 g/mol. The molecule has 8 nitrogen and oxygen atoms in total. The van der Waals surface area contributed by atoms with Crippen LogP contribution < -0.4 is 10.2 Å². The summed E-state index contributed by atoms with van der Waals surface area (Å²) in [5, 5.41) is 13.3. The van der Waals surface area contributed by atoms with Crippen molar-refractivity contribution in [3.8, 4) is 5.69 Å². The van der Waals surface area contributed by atoms with Gasteiger partial charge in [0, 0.05) is 37.3 Å². The maximum Gasteiger partial charge on any atom is 0.233 e. The number of nitrogens with one attached hydrogen (secondary N) is 1. The lowest BCUT2D eigenvalue weighted by Crippen LogP contribution is -2.53. The summed E-state index contributed by atoms with van der Waals surface area (Å²) in [4.78, 5) is 31.6. The molecule has 0 radical (unpaired) electrons. The van der Waals surface area contributed by atoms with E-state index in [1.165, 1.54) is 47.8 Å². The molecule has 45 heavy (non-hydrogen) atoms. The molecule has 1 aromatic heterocycles. The summed E-state index contributed by atoms with van der Waals surface area (Å²) in [6, 6.07) is 16.8. The van der Waals surface area contributed by atoms with Crippen LogP contribution in [-0.2, 0) is 29.0 Å². The van der Waals surface area contributed by atoms with Crippen LogP contribution in [0.5, 0.6) is 0 Å². The lowest BCUT2D eigenvalue weighted by molar-refractivity contribution is -0.146. The van der Waals surface area contributed by atoms with Crippen molar-refractivity contribution in [2.24, 2.45) is 23.2 Å². The lowest BCUT2D eigenvalue weighted by atomic mass is 9.49. The smallest absolute Gasteiger partial charge is 0.233 e. The molecule has 1 aliphatic heterocycles. The van der Waals surface area contributed by atoms with Crippen molar-refractivity contribution >= 4 is 29.3 Å². The predicted molar refractivity (Wildman–Crippen MR) is 179 cm³/mol. The van der Waals surface area contributed by atoms with Crippen LogP contribution in [0.4, 0.5) is 5.69 Å². The van der Waals surface area contributed by atoms with E-state index < -0.39 is 0 Å². The summed E-state index contributed by atoms with van der Waals surface area (Å²) in [6.07, 6.45) is 8.81. The van der Waals surface area contributed by atoms with Crippen LogP contribution in [-0.4, -0.2) is 63.4 Å². The highest BCUT2D eigenvalue weighted by Gasteiger charge is 2.54. The Kier molecular flexibility index (Phi) is 8.64. The molecule has 1 N–H and O–H groups in total. The van der Waals surface area contributed by atoms with Gasteiger partial charge in [0.1, 0.15) is 0 Å². The zero-order valence-corrected chi connectivity index (χ0v) is 27.5. The van der Waals surface area contributed by atoms with Gasteiger partial charge in [-0.2, -0.15) is 0 Å². The Morgan fingerprint density at radius 1 is 0.844 bits per heavy atom. The summed E-state index contributed by atoms with van der Waals surface area (Å²) < 4.78 is 2.13. The highest BCUT2D eigenvalue weighted by Crippen LogP contribution is 2.60. The number of rotatable bonds is 10. The molecule has 238 valence electrons. The number of anilines is 1. The fraction of sp³-hybridized carbons (Fsp3) is 0.556. The molecule has 0 unspecified atom stereocenters. The highest BCUT2D eigenvalue weighted by molar-refractivity contribution is 7.99. The molecule has 5 fully saturated rings. The van der Waals surface area contributed by atoms with Crippen molar-refractivity contribution in [1.82, 2.24) is 25.0 Å². The minimum Gasteiger partial charge on any atom is -0.368 e. The van der Waals surface area contributed by atoms with Gasteiger partial charge in [-0.05, 0) is 92.4 Å². The average Bonchev–Trinajstić information content (AvgIpc) is 3.47. The molecule has 2 aromatic carbocycles. The molecule has 2 heterocycles. The molecule has 4 bridgehead atoms. The molecule has 9 heteroatoms. The van der Waals surface area contributed by atoms with Gasteiger partial charge in [0.25, 0.3) is 0 Å². The van der Waals surface area contributed by atoms with Crippen molar-refractivity contribution in [1.29, 1.82) is 0 Å². The van der Waals surface area contributed by atoms with E-state index in [9.17, 15) is 9.59 Å². The molecule has 3 aromatic rings. The number of amides is 2. The number of hydrogen-bond donors (Lipinski definition) is 1.